The van der Waals surface area contributed by atoms with Crippen molar-refractivity contribution in [3.05, 3.63) is 52.2 Å². The van der Waals surface area contributed by atoms with E-state index in [0.29, 0.717) is 0 Å². The zero-order chi connectivity index (χ0) is 15.8. The lowest BCUT2D eigenvalue weighted by Gasteiger charge is -2.10. The maximum atomic E-state index is 12.4. The Kier molecular flexibility index (Phi) is 3.86. The number of para-hydroxylation sites is 1. The van der Waals surface area contributed by atoms with Gasteiger partial charge in [0.05, 0.1) is 21.9 Å². The van der Waals surface area contributed by atoms with Crippen molar-refractivity contribution in [3.8, 4) is 11.4 Å². The Morgan fingerprint density at radius 3 is 2.87 bits per heavy atom. The number of thiophene rings is 1. The number of hydrogen-bond donors (Lipinski definition) is 2. The summed E-state index contributed by atoms with van der Waals surface area (Å²) in [6.07, 6.45) is 0. The molecule has 0 saturated carbocycles. The molecule has 4 rings (SSSR count). The van der Waals surface area contributed by atoms with Gasteiger partial charge < -0.3 is 9.54 Å². The third-order valence-corrected chi connectivity index (χ3v) is 6.52. The van der Waals surface area contributed by atoms with Crippen LogP contribution in [0.3, 0.4) is 0 Å². The number of H-pyrrole nitrogens is 1. The number of aromatic amines is 1. The van der Waals surface area contributed by atoms with E-state index < -0.39 is 11.4 Å². The Bertz CT molecular complexity index is 943. The molecule has 7 heteroatoms. The molecule has 0 aliphatic heterocycles. The van der Waals surface area contributed by atoms with Crippen LogP contribution in [0, 0.1) is 6.92 Å². The fraction of sp³-hybridized carbons (Fsp3) is 0.0625. The van der Waals surface area contributed by atoms with E-state index in [4.69, 9.17) is 0 Å². The number of nitrogens with one attached hydrogen (secondary N) is 2. The normalized spacial score (nSPS) is 12.6. The van der Waals surface area contributed by atoms with Gasteiger partial charge in [-0.05, 0) is 30.5 Å². The summed E-state index contributed by atoms with van der Waals surface area (Å²) in [5.74, 6) is 0. The summed E-state index contributed by atoms with van der Waals surface area (Å²) < 4.78 is 16.3. The van der Waals surface area contributed by atoms with Crippen LogP contribution in [0.5, 0.6) is 0 Å². The lowest BCUT2D eigenvalue weighted by Crippen LogP contribution is -2.11. The van der Waals surface area contributed by atoms with E-state index in [1.54, 1.807) is 11.3 Å². The lowest BCUT2D eigenvalue weighted by atomic mass is 10.2. The average Bonchev–Trinajstić information content (AvgIpc) is 3.27. The smallest absolute Gasteiger partial charge is 0.233 e. The minimum absolute atomic E-state index is 0.809. The molecule has 4 aromatic rings. The topological polar surface area (TPSA) is 63.8 Å². The highest BCUT2D eigenvalue weighted by Crippen LogP contribution is 2.31. The summed E-state index contributed by atoms with van der Waals surface area (Å²) >= 11 is 1.85. The van der Waals surface area contributed by atoms with Crippen LogP contribution in [0.2, 0.25) is 0 Å². The maximum Gasteiger partial charge on any atom is 0.233 e. The van der Waals surface area contributed by atoms with Gasteiger partial charge in [-0.25, -0.2) is 9.71 Å². The molecule has 23 heavy (non-hydrogen) atoms. The quantitative estimate of drug-likeness (QED) is 0.515. The molecular weight excluding hydrogens is 346 g/mol. The van der Waals surface area contributed by atoms with Crippen molar-refractivity contribution in [3.63, 3.8) is 0 Å². The SMILES string of the molecule is Cc1nc(-c2cc3cccc(N[S+]([O-])c4cccs4)c3[nH]2)cs1. The number of aromatic nitrogens is 2. The van der Waals surface area contributed by atoms with Crippen molar-refractivity contribution in [2.24, 2.45) is 0 Å². The molecule has 1 unspecified atom stereocenters. The van der Waals surface area contributed by atoms with Crippen molar-refractivity contribution in [2.45, 2.75) is 11.1 Å². The second-order valence-electron chi connectivity index (χ2n) is 5.01. The minimum Gasteiger partial charge on any atom is -0.587 e. The maximum absolute atomic E-state index is 12.4. The predicted molar refractivity (Wildman–Crippen MR) is 98.5 cm³/mol. The monoisotopic (exact) mass is 359 g/mol. The zero-order valence-electron chi connectivity index (χ0n) is 12.2. The van der Waals surface area contributed by atoms with Crippen LogP contribution < -0.4 is 4.72 Å². The van der Waals surface area contributed by atoms with Crippen LogP contribution in [0.4, 0.5) is 5.69 Å². The van der Waals surface area contributed by atoms with Crippen LogP contribution >= 0.6 is 22.7 Å². The van der Waals surface area contributed by atoms with E-state index in [1.165, 1.54) is 11.3 Å². The molecule has 2 N–H and O–H groups in total. The molecular formula is C16H13N3OS3. The van der Waals surface area contributed by atoms with Gasteiger partial charge in [0.2, 0.25) is 4.21 Å². The van der Waals surface area contributed by atoms with Gasteiger partial charge in [0.15, 0.2) is 0 Å². The minimum atomic E-state index is -1.26. The first-order chi connectivity index (χ1) is 11.2. The molecule has 0 bridgehead atoms. The zero-order valence-corrected chi connectivity index (χ0v) is 14.6. The van der Waals surface area contributed by atoms with E-state index in [1.807, 2.05) is 48.0 Å². The molecule has 0 amide bonds. The largest absolute Gasteiger partial charge is 0.587 e. The predicted octanol–water partition coefficient (Wildman–Crippen LogP) is 4.80. The molecule has 3 heterocycles. The van der Waals surface area contributed by atoms with Gasteiger partial charge in [-0.2, -0.15) is 0 Å². The summed E-state index contributed by atoms with van der Waals surface area (Å²) in [5, 5.41) is 6.07. The highest BCUT2D eigenvalue weighted by atomic mass is 32.2. The summed E-state index contributed by atoms with van der Waals surface area (Å²) in [6, 6.07) is 11.8. The molecule has 4 nitrogen and oxygen atoms in total. The van der Waals surface area contributed by atoms with Crippen molar-refractivity contribution < 1.29 is 4.55 Å². The number of anilines is 1. The van der Waals surface area contributed by atoms with Gasteiger partial charge in [0.1, 0.15) is 17.0 Å². The lowest BCUT2D eigenvalue weighted by molar-refractivity contribution is 0.602. The Balaban J connectivity index is 1.71. The van der Waals surface area contributed by atoms with Gasteiger partial charge in [-0.1, -0.05) is 23.5 Å². The fourth-order valence-corrected chi connectivity index (χ4v) is 4.76. The average molecular weight is 360 g/mol. The van der Waals surface area contributed by atoms with Gasteiger partial charge in [-0.3, -0.25) is 0 Å². The first kappa shape index (κ1) is 14.8. The standard InChI is InChI=1S/C16H13N3OS3/c1-10-17-14(9-22-10)13-8-11-4-2-5-12(16(11)18-13)19-23(20)15-6-3-7-21-15/h2-9,18-19H,1H3. The van der Waals surface area contributed by atoms with E-state index in [-0.39, 0.29) is 0 Å². The van der Waals surface area contributed by atoms with Crippen molar-refractivity contribution in [1.29, 1.82) is 0 Å². The Hall–Kier alpha value is -1.80. The van der Waals surface area contributed by atoms with E-state index in [0.717, 1.165) is 37.2 Å². The Labute approximate surface area is 144 Å². The van der Waals surface area contributed by atoms with Crippen molar-refractivity contribution in [2.75, 3.05) is 4.72 Å². The highest BCUT2D eigenvalue weighted by Gasteiger charge is 2.16. The number of aryl methyl sites for hydroxylation is 1. The summed E-state index contributed by atoms with van der Waals surface area (Å²) in [6.45, 7) is 1.99. The summed E-state index contributed by atoms with van der Waals surface area (Å²) in [5.41, 5.74) is 3.68. The second kappa shape index (κ2) is 6.01. The molecule has 1 aromatic carbocycles. The third-order valence-electron chi connectivity index (χ3n) is 3.43. The number of thiazole rings is 1. The first-order valence-corrected chi connectivity index (χ1v) is 9.88. The molecule has 0 fully saturated rings. The molecule has 0 saturated heterocycles. The number of benzene rings is 1. The van der Waals surface area contributed by atoms with Crippen LogP contribution in [0.25, 0.3) is 22.3 Å². The molecule has 0 aliphatic carbocycles. The number of nitrogens with zero attached hydrogens (tertiary/aromatic N) is 1. The molecule has 0 aliphatic rings. The van der Waals surface area contributed by atoms with Gasteiger partial charge in [0.25, 0.3) is 0 Å². The first-order valence-electron chi connectivity index (χ1n) is 6.97. The van der Waals surface area contributed by atoms with Crippen LogP contribution in [0.1, 0.15) is 5.01 Å². The molecule has 1 atom stereocenters. The summed E-state index contributed by atoms with van der Waals surface area (Å²) in [7, 11) is 0. The van der Waals surface area contributed by atoms with Gasteiger partial charge >= 0.3 is 0 Å². The third kappa shape index (κ3) is 2.88. The highest BCUT2D eigenvalue weighted by molar-refractivity contribution is 7.94. The molecule has 3 aromatic heterocycles. The number of hydrogen-bond acceptors (Lipinski definition) is 5. The van der Waals surface area contributed by atoms with Crippen molar-refractivity contribution in [1.82, 2.24) is 9.97 Å². The second-order valence-corrected chi connectivity index (χ2v) is 8.46. The van der Waals surface area contributed by atoms with Crippen LogP contribution in [-0.4, -0.2) is 14.5 Å². The van der Waals surface area contributed by atoms with E-state index in [9.17, 15) is 4.55 Å². The Morgan fingerprint density at radius 1 is 1.22 bits per heavy atom. The van der Waals surface area contributed by atoms with Crippen molar-refractivity contribution >= 4 is 50.6 Å². The summed E-state index contributed by atoms with van der Waals surface area (Å²) in [4.78, 5) is 7.91. The van der Waals surface area contributed by atoms with Crippen LogP contribution in [0.15, 0.2) is 51.4 Å². The molecule has 0 radical (unpaired) electrons. The van der Waals surface area contributed by atoms with Crippen LogP contribution in [-0.2, 0) is 11.4 Å². The molecule has 116 valence electrons. The Morgan fingerprint density at radius 2 is 2.13 bits per heavy atom. The number of fused-ring (bicyclic) bond motifs is 1. The molecule has 0 spiro atoms. The van der Waals surface area contributed by atoms with E-state index >= 15 is 0 Å². The number of rotatable bonds is 4. The van der Waals surface area contributed by atoms with Gasteiger partial charge in [0, 0.05) is 16.8 Å². The fourth-order valence-electron chi connectivity index (χ4n) is 2.39. The van der Waals surface area contributed by atoms with Gasteiger partial charge in [-0.15, -0.1) is 11.3 Å². The van der Waals surface area contributed by atoms with E-state index in [2.05, 4.69) is 20.8 Å².